The van der Waals surface area contributed by atoms with Gasteiger partial charge in [0.2, 0.25) is 0 Å². The molecule has 7 atom stereocenters. The van der Waals surface area contributed by atoms with Gasteiger partial charge in [-0.15, -0.1) is 18.9 Å². The maximum atomic E-state index is 12.4. The molecule has 0 aliphatic heterocycles. The summed E-state index contributed by atoms with van der Waals surface area (Å²) in [6, 6.07) is 0. The lowest BCUT2D eigenvalue weighted by atomic mass is 9.53. The Morgan fingerprint density at radius 1 is 1.26 bits per heavy atom. The van der Waals surface area contributed by atoms with E-state index in [4.69, 9.17) is 10.8 Å². The zero-order valence-electron chi connectivity index (χ0n) is 24.5. The van der Waals surface area contributed by atoms with Crippen molar-refractivity contribution >= 4 is 8.32 Å². The normalized spacial score (nSPS) is 32.9. The highest BCUT2D eigenvalue weighted by Gasteiger charge is 2.60. The second kappa shape index (κ2) is 11.7. The van der Waals surface area contributed by atoms with Gasteiger partial charge in [0, 0.05) is 13.0 Å². The van der Waals surface area contributed by atoms with Crippen LogP contribution >= 0.6 is 0 Å². The summed E-state index contributed by atoms with van der Waals surface area (Å²) in [5.74, 6) is 5.07. The summed E-state index contributed by atoms with van der Waals surface area (Å²) in [7, 11) is -1.76. The molecule has 0 radical (unpaired) electrons. The van der Waals surface area contributed by atoms with Crippen LogP contribution in [0.4, 0.5) is 0 Å². The third kappa shape index (κ3) is 6.74. The molecule has 0 aromatic rings. The molecule has 200 valence electrons. The van der Waals surface area contributed by atoms with Crippen LogP contribution in [0, 0.1) is 47.3 Å². The summed E-state index contributed by atoms with van der Waals surface area (Å²) in [5.41, 5.74) is 0.824. The van der Waals surface area contributed by atoms with Crippen LogP contribution in [-0.2, 0) is 4.43 Å². The predicted molar refractivity (Wildman–Crippen MR) is 155 cm³/mol. The van der Waals surface area contributed by atoms with Gasteiger partial charge in [0.25, 0.3) is 0 Å². The van der Waals surface area contributed by atoms with Gasteiger partial charge in [0.15, 0.2) is 8.32 Å². The van der Waals surface area contributed by atoms with E-state index in [0.29, 0.717) is 36.0 Å². The number of terminal acetylenes is 1. The predicted octanol–water partition coefficient (Wildman–Crippen LogP) is 8.78. The molecule has 0 aromatic heterocycles. The van der Waals surface area contributed by atoms with Crippen LogP contribution in [0.3, 0.4) is 0 Å². The summed E-state index contributed by atoms with van der Waals surface area (Å²) in [4.78, 5) is 0. The van der Waals surface area contributed by atoms with Gasteiger partial charge in [0.1, 0.15) is 0 Å². The molecule has 2 rings (SSSR count). The molecule has 0 amide bonds. The van der Waals surface area contributed by atoms with Crippen LogP contribution in [0.25, 0.3) is 0 Å². The molecule has 0 spiro atoms. The molecule has 0 bridgehead atoms. The van der Waals surface area contributed by atoms with E-state index in [1.807, 2.05) is 6.08 Å². The average Bonchev–Trinajstić information content (AvgIpc) is 3.10. The first-order chi connectivity index (χ1) is 16.1. The van der Waals surface area contributed by atoms with E-state index in [1.54, 1.807) is 0 Å². The number of allylic oxidation sites excluding steroid dienone is 2. The number of hydrogen-bond acceptors (Lipinski definition) is 2. The Balaban J connectivity index is 2.22. The molecule has 2 fully saturated rings. The van der Waals surface area contributed by atoms with Gasteiger partial charge in [-0.1, -0.05) is 52.3 Å². The van der Waals surface area contributed by atoms with Crippen molar-refractivity contribution in [3.05, 3.63) is 24.3 Å². The first kappa shape index (κ1) is 30.4. The van der Waals surface area contributed by atoms with E-state index in [1.165, 1.54) is 18.4 Å². The van der Waals surface area contributed by atoms with Crippen molar-refractivity contribution in [2.75, 3.05) is 6.61 Å². The molecule has 1 N–H and O–H groups in total. The van der Waals surface area contributed by atoms with Crippen LogP contribution in [-0.4, -0.2) is 25.6 Å². The lowest BCUT2D eigenvalue weighted by Gasteiger charge is -2.55. The Hall–Kier alpha value is -0.823. The summed E-state index contributed by atoms with van der Waals surface area (Å²) >= 11 is 0. The molecule has 0 saturated heterocycles. The fraction of sp³-hybridized carbons (Fsp3) is 0.812. The minimum atomic E-state index is -1.76. The van der Waals surface area contributed by atoms with Crippen LogP contribution < -0.4 is 0 Å². The average molecular weight is 501 g/mol. The van der Waals surface area contributed by atoms with Crippen LogP contribution in [0.2, 0.25) is 18.1 Å². The van der Waals surface area contributed by atoms with Gasteiger partial charge >= 0.3 is 0 Å². The molecule has 2 nitrogen and oxygen atoms in total. The summed E-state index contributed by atoms with van der Waals surface area (Å²) in [6.07, 6.45) is 18.1. The second-order valence-electron chi connectivity index (χ2n) is 14.0. The number of fused-ring (bicyclic) bond motifs is 1. The van der Waals surface area contributed by atoms with Crippen LogP contribution in [0.1, 0.15) is 99.8 Å². The Morgan fingerprint density at radius 3 is 2.46 bits per heavy atom. The van der Waals surface area contributed by atoms with E-state index in [2.05, 4.69) is 80.1 Å². The Kier molecular flexibility index (Phi) is 10.2. The van der Waals surface area contributed by atoms with E-state index in [-0.39, 0.29) is 10.5 Å². The lowest BCUT2D eigenvalue weighted by Crippen LogP contribution is -2.55. The Labute approximate surface area is 219 Å². The molecule has 2 aliphatic rings. The minimum Gasteiger partial charge on any atom is -0.417 e. The van der Waals surface area contributed by atoms with E-state index < -0.39 is 13.9 Å². The summed E-state index contributed by atoms with van der Waals surface area (Å²) in [5, 5.41) is 12.6. The van der Waals surface area contributed by atoms with E-state index in [0.717, 1.165) is 38.7 Å². The van der Waals surface area contributed by atoms with Crippen molar-refractivity contribution in [2.45, 2.75) is 124 Å². The molecule has 0 heterocycles. The second-order valence-corrected chi connectivity index (χ2v) is 18.8. The van der Waals surface area contributed by atoms with Crippen LogP contribution in [0.5, 0.6) is 0 Å². The van der Waals surface area contributed by atoms with Gasteiger partial charge in [-0.05, 0) is 112 Å². The van der Waals surface area contributed by atoms with E-state index in [9.17, 15) is 5.11 Å². The molecule has 0 aromatic carbocycles. The van der Waals surface area contributed by atoms with Crippen molar-refractivity contribution in [1.29, 1.82) is 0 Å². The van der Waals surface area contributed by atoms with E-state index >= 15 is 0 Å². The highest BCUT2D eigenvalue weighted by atomic mass is 28.4. The fourth-order valence-corrected chi connectivity index (χ4v) is 8.28. The molecule has 35 heavy (non-hydrogen) atoms. The third-order valence-electron chi connectivity index (χ3n) is 10.3. The molecular weight excluding hydrogens is 444 g/mol. The zero-order valence-corrected chi connectivity index (χ0v) is 25.5. The SMILES string of the molecule is C#CCC(CC=C(C)C)C[C@@H]1CC[C@@]2(C)C(CC[C@@H]2[C@H](C)CO[Si](C)(C)C(C)(C)C)[C@]1(O)CC=C. The molecule has 2 unspecified atom stereocenters. The quantitative estimate of drug-likeness (QED) is 0.174. The highest BCUT2D eigenvalue weighted by molar-refractivity contribution is 6.74. The maximum Gasteiger partial charge on any atom is 0.191 e. The summed E-state index contributed by atoms with van der Waals surface area (Å²) in [6.45, 7) is 25.8. The van der Waals surface area contributed by atoms with Crippen molar-refractivity contribution < 1.29 is 9.53 Å². The molecule has 3 heteroatoms. The van der Waals surface area contributed by atoms with Crippen LogP contribution in [0.15, 0.2) is 24.3 Å². The smallest absolute Gasteiger partial charge is 0.191 e. The van der Waals surface area contributed by atoms with Crippen molar-refractivity contribution in [3.8, 4) is 12.3 Å². The first-order valence-electron chi connectivity index (χ1n) is 14.2. The standard InChI is InChI=1S/C32H56O2Si/c1-12-14-26(16-15-24(3)4)22-27-19-21-31(9)28(17-18-29(31)32(27,33)20-13-2)25(5)23-34-35(10,11)30(6,7)8/h1,13,15,25-29,33H,2,14,16-23H2,3-11H3/t25-,26?,27+,28-,29?,31-,32+/m1/s1. The molecular formula is C32H56O2Si. The fourth-order valence-electron chi connectivity index (χ4n) is 7.17. The third-order valence-corrected chi connectivity index (χ3v) is 14.8. The topological polar surface area (TPSA) is 29.5 Å². The van der Waals surface area contributed by atoms with Crippen molar-refractivity contribution in [3.63, 3.8) is 0 Å². The van der Waals surface area contributed by atoms with Crippen molar-refractivity contribution in [2.24, 2.45) is 35.0 Å². The van der Waals surface area contributed by atoms with Gasteiger partial charge in [-0.2, -0.15) is 0 Å². The zero-order chi connectivity index (χ0) is 26.7. The van der Waals surface area contributed by atoms with Crippen molar-refractivity contribution in [1.82, 2.24) is 0 Å². The minimum absolute atomic E-state index is 0.159. The summed E-state index contributed by atoms with van der Waals surface area (Å²) < 4.78 is 6.68. The van der Waals surface area contributed by atoms with Gasteiger partial charge in [-0.25, -0.2) is 0 Å². The monoisotopic (exact) mass is 500 g/mol. The Morgan fingerprint density at radius 2 is 1.91 bits per heavy atom. The highest BCUT2D eigenvalue weighted by Crippen LogP contribution is 2.63. The first-order valence-corrected chi connectivity index (χ1v) is 17.1. The lowest BCUT2D eigenvalue weighted by molar-refractivity contribution is -0.151. The maximum absolute atomic E-state index is 12.4. The number of rotatable bonds is 11. The number of aliphatic hydroxyl groups is 1. The Bertz CT molecular complexity index is 780. The van der Waals surface area contributed by atoms with Gasteiger partial charge in [0.05, 0.1) is 5.60 Å². The molecule has 2 aliphatic carbocycles. The largest absolute Gasteiger partial charge is 0.417 e. The molecule has 2 saturated carbocycles. The number of hydrogen-bond donors (Lipinski definition) is 1. The van der Waals surface area contributed by atoms with Gasteiger partial charge < -0.3 is 9.53 Å². The van der Waals surface area contributed by atoms with Gasteiger partial charge in [-0.3, -0.25) is 0 Å².